The highest BCUT2D eigenvalue weighted by Crippen LogP contribution is 2.26. The first-order chi connectivity index (χ1) is 5.83. The maximum absolute atomic E-state index is 11.1. The largest absolute Gasteiger partial charge is 0.459 e. The number of esters is 1. The van der Waals surface area contributed by atoms with Gasteiger partial charge < -0.3 is 4.74 Å². The van der Waals surface area contributed by atoms with Gasteiger partial charge in [0.1, 0.15) is 6.61 Å². The van der Waals surface area contributed by atoms with Crippen molar-refractivity contribution in [3.8, 4) is 0 Å². The van der Waals surface area contributed by atoms with Crippen LogP contribution in [0.25, 0.3) is 0 Å². The summed E-state index contributed by atoms with van der Waals surface area (Å²) in [7, 11) is 0. The zero-order valence-electron chi connectivity index (χ0n) is 7.71. The molecule has 0 aliphatic heterocycles. The minimum atomic E-state index is -0.0654. The van der Waals surface area contributed by atoms with Crippen LogP contribution >= 0.6 is 0 Å². The molecule has 0 amide bonds. The van der Waals surface area contributed by atoms with Gasteiger partial charge in [0.25, 0.3) is 0 Å². The summed E-state index contributed by atoms with van der Waals surface area (Å²) in [6.45, 7) is 3.20. The minimum absolute atomic E-state index is 0.0654. The molecule has 1 saturated carbocycles. The molecule has 1 radical (unpaired) electrons. The number of hydrogen-bond donors (Lipinski definition) is 0. The van der Waals surface area contributed by atoms with E-state index in [9.17, 15) is 4.79 Å². The third-order valence-electron chi connectivity index (χ3n) is 2.43. The molecule has 1 aliphatic rings. The van der Waals surface area contributed by atoms with Gasteiger partial charge in [0.05, 0.1) is 0 Å². The molecule has 0 heterocycles. The van der Waals surface area contributed by atoms with Crippen molar-refractivity contribution in [3.05, 3.63) is 6.61 Å². The summed E-state index contributed by atoms with van der Waals surface area (Å²) in [5.41, 5.74) is 0. The van der Waals surface area contributed by atoms with Gasteiger partial charge in [-0.05, 0) is 25.7 Å². The van der Waals surface area contributed by atoms with Gasteiger partial charge in [-0.2, -0.15) is 0 Å². The topological polar surface area (TPSA) is 26.3 Å². The van der Waals surface area contributed by atoms with Crippen LogP contribution in [0.2, 0.25) is 0 Å². The molecule has 1 aliphatic carbocycles. The van der Waals surface area contributed by atoms with Crippen molar-refractivity contribution in [1.82, 2.24) is 0 Å². The molecule has 0 aromatic rings. The molecule has 1 rings (SSSR count). The molecule has 69 valence electrons. The third-order valence-corrected chi connectivity index (χ3v) is 2.43. The maximum atomic E-state index is 11.1. The van der Waals surface area contributed by atoms with E-state index >= 15 is 0 Å². The monoisotopic (exact) mass is 169 g/mol. The van der Waals surface area contributed by atoms with Crippen molar-refractivity contribution in [2.24, 2.45) is 5.92 Å². The molecule has 12 heavy (non-hydrogen) atoms. The van der Waals surface area contributed by atoms with Crippen molar-refractivity contribution in [2.75, 3.05) is 0 Å². The Bertz CT molecular complexity index is 137. The Morgan fingerprint density at radius 1 is 1.42 bits per heavy atom. The van der Waals surface area contributed by atoms with Gasteiger partial charge in [-0.1, -0.05) is 19.3 Å². The zero-order valence-corrected chi connectivity index (χ0v) is 7.71. The van der Waals surface area contributed by atoms with Crippen LogP contribution in [0.4, 0.5) is 0 Å². The summed E-state index contributed by atoms with van der Waals surface area (Å²) in [5.74, 6) is 0.524. The predicted octanol–water partition coefficient (Wildman–Crippen LogP) is 2.68. The first kappa shape index (κ1) is 9.56. The van der Waals surface area contributed by atoms with E-state index in [1.807, 2.05) is 0 Å². The summed E-state index contributed by atoms with van der Waals surface area (Å²) in [4.78, 5) is 11.1. The normalized spacial score (nSPS) is 19.1. The quantitative estimate of drug-likeness (QED) is 0.607. The van der Waals surface area contributed by atoms with E-state index in [-0.39, 0.29) is 5.97 Å². The molecular weight excluding hydrogens is 152 g/mol. The van der Waals surface area contributed by atoms with E-state index in [2.05, 4.69) is 0 Å². The van der Waals surface area contributed by atoms with Crippen molar-refractivity contribution in [2.45, 2.75) is 45.4 Å². The summed E-state index contributed by atoms with van der Waals surface area (Å²) in [6, 6.07) is 0. The molecule has 0 N–H and O–H groups in total. The smallest absolute Gasteiger partial charge is 0.306 e. The molecule has 0 unspecified atom stereocenters. The predicted molar refractivity (Wildman–Crippen MR) is 47.3 cm³/mol. The van der Waals surface area contributed by atoms with Gasteiger partial charge in [0, 0.05) is 6.42 Å². The summed E-state index contributed by atoms with van der Waals surface area (Å²) in [5, 5.41) is 0. The molecule has 0 atom stereocenters. The van der Waals surface area contributed by atoms with Crippen molar-refractivity contribution >= 4 is 5.97 Å². The van der Waals surface area contributed by atoms with Crippen LogP contribution < -0.4 is 0 Å². The Labute approximate surface area is 74.3 Å². The fraction of sp³-hybridized carbons (Fsp3) is 0.800. The Balaban J connectivity index is 2.15. The Morgan fingerprint density at radius 2 is 2.08 bits per heavy atom. The molecule has 0 aromatic carbocycles. The molecule has 2 heteroatoms. The number of carbonyl (C=O) groups is 1. The molecule has 0 bridgehead atoms. The number of hydrogen-bond acceptors (Lipinski definition) is 2. The second-order valence-electron chi connectivity index (χ2n) is 3.43. The summed E-state index contributed by atoms with van der Waals surface area (Å²) < 4.78 is 4.78. The van der Waals surface area contributed by atoms with Gasteiger partial charge in [0.2, 0.25) is 0 Å². The first-order valence-corrected chi connectivity index (χ1v) is 4.80. The number of ether oxygens (including phenoxy) is 1. The SMILES string of the molecule is C[CH]OC(=O)CC1CCCCC1. The van der Waals surface area contributed by atoms with Crippen LogP contribution in [0.5, 0.6) is 0 Å². The second-order valence-corrected chi connectivity index (χ2v) is 3.43. The molecule has 1 fully saturated rings. The van der Waals surface area contributed by atoms with E-state index in [0.29, 0.717) is 12.3 Å². The summed E-state index contributed by atoms with van der Waals surface area (Å²) >= 11 is 0. The van der Waals surface area contributed by atoms with Crippen molar-refractivity contribution in [3.63, 3.8) is 0 Å². The molecule has 0 aromatic heterocycles. The van der Waals surface area contributed by atoms with Crippen LogP contribution in [0.15, 0.2) is 0 Å². The third kappa shape index (κ3) is 3.24. The standard InChI is InChI=1S/C10H17O2/c1-2-12-10(11)8-9-6-4-3-5-7-9/h2,9H,3-8H2,1H3. The fourth-order valence-corrected chi connectivity index (χ4v) is 1.81. The van der Waals surface area contributed by atoms with Crippen LogP contribution in [0.3, 0.4) is 0 Å². The van der Waals surface area contributed by atoms with Crippen molar-refractivity contribution < 1.29 is 9.53 Å². The fourth-order valence-electron chi connectivity index (χ4n) is 1.81. The zero-order chi connectivity index (χ0) is 8.81. The maximum Gasteiger partial charge on any atom is 0.306 e. The van der Waals surface area contributed by atoms with Gasteiger partial charge in [-0.15, -0.1) is 0 Å². The highest BCUT2D eigenvalue weighted by molar-refractivity contribution is 5.70. The van der Waals surface area contributed by atoms with Crippen LogP contribution in [-0.2, 0) is 9.53 Å². The second kappa shape index (κ2) is 5.18. The van der Waals surface area contributed by atoms with E-state index in [0.717, 1.165) is 0 Å². The van der Waals surface area contributed by atoms with Gasteiger partial charge in [-0.25, -0.2) is 0 Å². The number of rotatable bonds is 3. The van der Waals surface area contributed by atoms with E-state index in [1.54, 1.807) is 6.92 Å². The summed E-state index contributed by atoms with van der Waals surface area (Å²) in [6.07, 6.45) is 6.94. The van der Waals surface area contributed by atoms with Crippen LogP contribution in [0, 0.1) is 12.5 Å². The Kier molecular flexibility index (Phi) is 4.12. The molecular formula is C10H17O2. The lowest BCUT2D eigenvalue weighted by atomic mass is 9.87. The van der Waals surface area contributed by atoms with Crippen LogP contribution in [-0.4, -0.2) is 5.97 Å². The Morgan fingerprint density at radius 3 is 2.67 bits per heavy atom. The Hall–Kier alpha value is -0.530. The lowest BCUT2D eigenvalue weighted by Gasteiger charge is -2.20. The van der Waals surface area contributed by atoms with Gasteiger partial charge in [0.15, 0.2) is 0 Å². The average Bonchev–Trinajstić information content (AvgIpc) is 2.06. The van der Waals surface area contributed by atoms with Gasteiger partial charge in [-0.3, -0.25) is 4.79 Å². The van der Waals surface area contributed by atoms with Gasteiger partial charge >= 0.3 is 5.97 Å². The minimum Gasteiger partial charge on any atom is -0.459 e. The molecule has 2 nitrogen and oxygen atoms in total. The first-order valence-electron chi connectivity index (χ1n) is 4.80. The van der Waals surface area contributed by atoms with E-state index < -0.39 is 0 Å². The lowest BCUT2D eigenvalue weighted by Crippen LogP contribution is -2.13. The average molecular weight is 169 g/mol. The van der Waals surface area contributed by atoms with Crippen molar-refractivity contribution in [1.29, 1.82) is 0 Å². The number of carbonyl (C=O) groups excluding carboxylic acids is 1. The van der Waals surface area contributed by atoms with Crippen LogP contribution in [0.1, 0.15) is 45.4 Å². The van der Waals surface area contributed by atoms with E-state index in [4.69, 9.17) is 4.74 Å². The van der Waals surface area contributed by atoms with E-state index in [1.165, 1.54) is 38.7 Å². The molecule has 0 saturated heterocycles. The highest BCUT2D eigenvalue weighted by atomic mass is 16.5. The molecule has 0 spiro atoms. The lowest BCUT2D eigenvalue weighted by molar-refractivity contribution is -0.141. The highest BCUT2D eigenvalue weighted by Gasteiger charge is 2.17.